The molecule has 2 atom stereocenters. The summed E-state index contributed by atoms with van der Waals surface area (Å²) in [6.45, 7) is 14.7. The van der Waals surface area contributed by atoms with Crippen LogP contribution < -0.4 is 5.32 Å². The zero-order valence-corrected chi connectivity index (χ0v) is 20.8. The predicted octanol–water partition coefficient (Wildman–Crippen LogP) is 4.67. The highest BCUT2D eigenvalue weighted by atomic mass is 16.5. The summed E-state index contributed by atoms with van der Waals surface area (Å²) in [4.78, 5) is 25.0. The average molecular weight is 442 g/mol. The molecule has 6 heteroatoms. The minimum absolute atomic E-state index is 0.103. The molecule has 0 rings (SSSR count). The monoisotopic (exact) mass is 441 g/mol. The van der Waals surface area contributed by atoms with Crippen molar-refractivity contribution < 1.29 is 24.0 Å². The molecular formula is C25H49N2O4+. The summed E-state index contributed by atoms with van der Waals surface area (Å²) >= 11 is 0. The van der Waals surface area contributed by atoms with Crippen LogP contribution >= 0.6 is 0 Å². The Kier molecular flexibility index (Phi) is 17.6. The molecule has 6 nitrogen and oxygen atoms in total. The van der Waals surface area contributed by atoms with Crippen molar-refractivity contribution in [2.45, 2.75) is 118 Å². The van der Waals surface area contributed by atoms with Gasteiger partial charge in [-0.1, -0.05) is 86.0 Å². The van der Waals surface area contributed by atoms with Gasteiger partial charge in [-0.2, -0.15) is 4.58 Å². The van der Waals surface area contributed by atoms with Crippen LogP contribution in [0.15, 0.2) is 0 Å². The number of hydrogen-bond donors (Lipinski definition) is 2. The first-order valence-corrected chi connectivity index (χ1v) is 12.4. The Balaban J connectivity index is 3.98. The number of aliphatic hydroxyl groups excluding tert-OH is 1. The van der Waals surface area contributed by atoms with Gasteiger partial charge >= 0.3 is 5.91 Å². The zero-order valence-electron chi connectivity index (χ0n) is 20.8. The number of ether oxygens (including phenoxy) is 1. The Morgan fingerprint density at radius 3 is 1.90 bits per heavy atom. The third-order valence-electron chi connectivity index (χ3n) is 5.55. The third kappa shape index (κ3) is 14.4. The van der Waals surface area contributed by atoms with Crippen molar-refractivity contribution in [1.29, 1.82) is 0 Å². The quantitative estimate of drug-likeness (QED) is 0.132. The summed E-state index contributed by atoms with van der Waals surface area (Å²) in [5.41, 5.74) is 0. The van der Waals surface area contributed by atoms with E-state index < -0.39 is 12.3 Å². The largest absolute Gasteiger partial charge is 0.387 e. The van der Waals surface area contributed by atoms with Crippen LogP contribution in [0.25, 0.3) is 0 Å². The maximum Gasteiger partial charge on any atom is 0.387 e. The minimum atomic E-state index is -0.938. The van der Waals surface area contributed by atoms with Gasteiger partial charge in [-0.25, -0.2) is 4.79 Å². The summed E-state index contributed by atoms with van der Waals surface area (Å²) in [6, 6.07) is -0.705. The van der Waals surface area contributed by atoms with Gasteiger partial charge in [0, 0.05) is 19.1 Å². The second-order valence-electron chi connectivity index (χ2n) is 9.29. The molecule has 2 unspecified atom stereocenters. The average Bonchev–Trinajstić information content (AvgIpc) is 2.70. The van der Waals surface area contributed by atoms with Crippen molar-refractivity contribution in [3.63, 3.8) is 0 Å². The van der Waals surface area contributed by atoms with Crippen molar-refractivity contribution in [3.8, 4) is 0 Å². The van der Waals surface area contributed by atoms with Crippen LogP contribution in [0.3, 0.4) is 0 Å². The van der Waals surface area contributed by atoms with Crippen molar-refractivity contribution in [1.82, 2.24) is 5.32 Å². The lowest BCUT2D eigenvalue weighted by atomic mass is 10.0. The molecule has 0 bridgehead atoms. The molecule has 0 saturated heterocycles. The standard InChI is InChI=1S/C25H48N2O4/c1-7-8-9-10-11-12-13-14-15-18-31-19-16-17-22(28)27(6)23(20(2)3)25(30)26-24(29)21(4)5/h20-21,23-24,29H,6-19H2,1-5H3/p+1. The van der Waals surface area contributed by atoms with Crippen molar-refractivity contribution >= 4 is 18.5 Å². The normalized spacial score (nSPS) is 13.4. The van der Waals surface area contributed by atoms with Gasteiger partial charge in [-0.3, -0.25) is 4.79 Å². The Labute approximate surface area is 190 Å². The summed E-state index contributed by atoms with van der Waals surface area (Å²) in [6.07, 6.45) is 11.6. The number of rotatable bonds is 19. The van der Waals surface area contributed by atoms with Crippen LogP contribution in [0.5, 0.6) is 0 Å². The number of carbonyl (C=O) groups is 2. The molecule has 0 aliphatic rings. The predicted molar refractivity (Wildman–Crippen MR) is 127 cm³/mol. The zero-order chi connectivity index (χ0) is 23.6. The van der Waals surface area contributed by atoms with Crippen molar-refractivity contribution in [2.24, 2.45) is 11.8 Å². The molecule has 0 radical (unpaired) electrons. The number of carbonyl (C=O) groups excluding carboxylic acids is 2. The molecular weight excluding hydrogens is 392 g/mol. The van der Waals surface area contributed by atoms with E-state index in [1.807, 2.05) is 27.7 Å². The second kappa shape index (κ2) is 18.3. The molecule has 0 fully saturated rings. The molecule has 2 N–H and O–H groups in total. The van der Waals surface area contributed by atoms with Gasteiger partial charge < -0.3 is 15.2 Å². The first-order chi connectivity index (χ1) is 14.7. The highest BCUT2D eigenvalue weighted by Gasteiger charge is 2.36. The van der Waals surface area contributed by atoms with Crippen molar-refractivity contribution in [3.05, 3.63) is 0 Å². The molecule has 0 aliphatic heterocycles. The minimum Gasteiger partial charge on any atom is -0.381 e. The van der Waals surface area contributed by atoms with E-state index >= 15 is 0 Å². The van der Waals surface area contributed by atoms with E-state index in [1.54, 1.807) is 0 Å². The lowest BCUT2D eigenvalue weighted by molar-refractivity contribution is -0.476. The van der Waals surface area contributed by atoms with E-state index in [1.165, 1.54) is 55.9 Å². The number of hydrogen-bond acceptors (Lipinski definition) is 4. The Bertz CT molecular complexity index is 506. The number of unbranched alkanes of at least 4 members (excludes halogenated alkanes) is 8. The molecule has 31 heavy (non-hydrogen) atoms. The first kappa shape index (κ1) is 29.7. The maximum atomic E-state index is 12.5. The molecule has 0 aromatic heterocycles. The summed E-state index contributed by atoms with van der Waals surface area (Å²) < 4.78 is 6.91. The lowest BCUT2D eigenvalue weighted by Crippen LogP contribution is -2.51. The van der Waals surface area contributed by atoms with Gasteiger partial charge in [-0.15, -0.1) is 0 Å². The molecule has 0 aromatic carbocycles. The number of amides is 2. The summed E-state index contributed by atoms with van der Waals surface area (Å²) in [7, 11) is 0. The SMILES string of the molecule is C=[N+](C(=O)CCCOCCCCCCCCCCC)C(C(=O)NC(O)C(C)C)C(C)C. The molecule has 0 aromatic rings. The maximum absolute atomic E-state index is 12.5. The van der Waals surface area contributed by atoms with E-state index in [0.717, 1.165) is 13.0 Å². The number of aliphatic hydroxyl groups is 1. The summed E-state index contributed by atoms with van der Waals surface area (Å²) in [5.74, 6) is -0.766. The van der Waals surface area contributed by atoms with Gasteiger partial charge in [-0.05, 0) is 18.8 Å². The molecule has 0 heterocycles. The van der Waals surface area contributed by atoms with Crippen LogP contribution in [-0.4, -0.2) is 53.7 Å². The molecule has 0 saturated carbocycles. The highest BCUT2D eigenvalue weighted by molar-refractivity contribution is 5.83. The van der Waals surface area contributed by atoms with Gasteiger partial charge in [0.25, 0.3) is 5.91 Å². The molecule has 2 amide bonds. The molecule has 0 spiro atoms. The van der Waals surface area contributed by atoms with Crippen LogP contribution in [0.4, 0.5) is 0 Å². The van der Waals surface area contributed by atoms with E-state index in [9.17, 15) is 14.7 Å². The van der Waals surface area contributed by atoms with Gasteiger partial charge in [0.1, 0.15) is 12.9 Å². The fourth-order valence-electron chi connectivity index (χ4n) is 3.44. The van der Waals surface area contributed by atoms with Crippen LogP contribution in [0.1, 0.15) is 105 Å². The topological polar surface area (TPSA) is 78.6 Å². The van der Waals surface area contributed by atoms with E-state index in [2.05, 4.69) is 19.0 Å². The number of nitrogens with one attached hydrogen (secondary N) is 1. The third-order valence-corrected chi connectivity index (χ3v) is 5.55. The number of nitrogens with zero attached hydrogens (tertiary/aromatic N) is 1. The fraction of sp³-hybridized carbons (Fsp3) is 0.880. The van der Waals surface area contributed by atoms with Crippen LogP contribution in [-0.2, 0) is 14.3 Å². The lowest BCUT2D eigenvalue weighted by Gasteiger charge is -2.21. The molecule has 0 aliphatic carbocycles. The van der Waals surface area contributed by atoms with Gasteiger partial charge in [0.15, 0.2) is 0 Å². The molecule has 182 valence electrons. The van der Waals surface area contributed by atoms with E-state index in [4.69, 9.17) is 4.74 Å². The second-order valence-corrected chi connectivity index (χ2v) is 9.29. The Hall–Kier alpha value is -1.27. The van der Waals surface area contributed by atoms with E-state index in [0.29, 0.717) is 19.4 Å². The smallest absolute Gasteiger partial charge is 0.381 e. The Morgan fingerprint density at radius 1 is 0.871 bits per heavy atom. The first-order valence-electron chi connectivity index (χ1n) is 12.4. The van der Waals surface area contributed by atoms with Gasteiger partial charge in [0.05, 0.1) is 6.42 Å². The summed E-state index contributed by atoms with van der Waals surface area (Å²) in [5, 5.41) is 12.5. The highest BCUT2D eigenvalue weighted by Crippen LogP contribution is 2.11. The van der Waals surface area contributed by atoms with Crippen molar-refractivity contribution in [2.75, 3.05) is 13.2 Å². The van der Waals surface area contributed by atoms with E-state index in [-0.39, 0.29) is 23.7 Å². The van der Waals surface area contributed by atoms with Crippen LogP contribution in [0, 0.1) is 11.8 Å². The Morgan fingerprint density at radius 2 is 1.39 bits per heavy atom. The fourth-order valence-corrected chi connectivity index (χ4v) is 3.44. The van der Waals surface area contributed by atoms with Gasteiger partial charge in [0.2, 0.25) is 6.04 Å². The van der Waals surface area contributed by atoms with Crippen LogP contribution in [0.2, 0.25) is 0 Å².